The van der Waals surface area contributed by atoms with Crippen molar-refractivity contribution in [2.45, 2.75) is 25.9 Å². The highest BCUT2D eigenvalue weighted by atomic mass is 79.9. The Morgan fingerprint density at radius 1 is 1.05 bits per heavy atom. The smallest absolute Gasteiger partial charge is 0.123 e. The highest BCUT2D eigenvalue weighted by molar-refractivity contribution is 9.10. The van der Waals surface area contributed by atoms with Gasteiger partial charge in [-0.3, -0.25) is 0 Å². The standard InChI is InChI=1S/C16H17BrFNO/c1-10(13-5-3-4-6-15(13)17)19-11(2)14-9-12(18)7-8-16(14)20/h3-11,19-20H,1-2H3. The van der Waals surface area contributed by atoms with Crippen LogP contribution in [0.2, 0.25) is 0 Å². The van der Waals surface area contributed by atoms with Gasteiger partial charge in [0, 0.05) is 22.1 Å². The molecule has 0 bridgehead atoms. The summed E-state index contributed by atoms with van der Waals surface area (Å²) in [5, 5.41) is 13.2. The molecular weight excluding hydrogens is 321 g/mol. The van der Waals surface area contributed by atoms with Crippen molar-refractivity contribution in [1.29, 1.82) is 0 Å². The van der Waals surface area contributed by atoms with Gasteiger partial charge in [0.2, 0.25) is 0 Å². The van der Waals surface area contributed by atoms with Crippen LogP contribution < -0.4 is 5.32 Å². The third-order valence-corrected chi connectivity index (χ3v) is 4.05. The van der Waals surface area contributed by atoms with Crippen LogP contribution in [0.15, 0.2) is 46.9 Å². The Balaban J connectivity index is 2.17. The number of aromatic hydroxyl groups is 1. The Bertz CT molecular complexity index is 603. The SMILES string of the molecule is CC(NC(C)c1ccccc1Br)c1cc(F)ccc1O. The molecule has 0 heterocycles. The first-order valence-corrected chi connectivity index (χ1v) is 7.27. The van der Waals surface area contributed by atoms with Crippen molar-refractivity contribution < 1.29 is 9.50 Å². The maximum Gasteiger partial charge on any atom is 0.123 e. The van der Waals surface area contributed by atoms with Gasteiger partial charge in [-0.15, -0.1) is 0 Å². The molecule has 0 radical (unpaired) electrons. The summed E-state index contributed by atoms with van der Waals surface area (Å²) in [4.78, 5) is 0. The summed E-state index contributed by atoms with van der Waals surface area (Å²) >= 11 is 3.52. The summed E-state index contributed by atoms with van der Waals surface area (Å²) in [7, 11) is 0. The minimum Gasteiger partial charge on any atom is -0.508 e. The van der Waals surface area contributed by atoms with Crippen molar-refractivity contribution in [2.24, 2.45) is 0 Å². The van der Waals surface area contributed by atoms with Crippen LogP contribution in [0.1, 0.15) is 37.1 Å². The molecule has 2 aromatic carbocycles. The zero-order valence-corrected chi connectivity index (χ0v) is 13.0. The Morgan fingerprint density at radius 2 is 1.70 bits per heavy atom. The molecule has 106 valence electrons. The molecule has 0 aromatic heterocycles. The van der Waals surface area contributed by atoms with Gasteiger partial charge in [0.25, 0.3) is 0 Å². The zero-order chi connectivity index (χ0) is 14.7. The number of phenolic OH excluding ortho intramolecular Hbond substituents is 1. The minimum absolute atomic E-state index is 0.0724. The predicted molar refractivity (Wildman–Crippen MR) is 82.2 cm³/mol. The van der Waals surface area contributed by atoms with Crippen molar-refractivity contribution in [3.63, 3.8) is 0 Å². The van der Waals surface area contributed by atoms with Gasteiger partial charge < -0.3 is 10.4 Å². The normalized spacial score (nSPS) is 14.0. The molecule has 2 nitrogen and oxygen atoms in total. The second-order valence-corrected chi connectivity index (χ2v) is 5.69. The van der Waals surface area contributed by atoms with E-state index in [1.807, 2.05) is 38.1 Å². The van der Waals surface area contributed by atoms with Gasteiger partial charge in [-0.1, -0.05) is 34.1 Å². The molecule has 0 spiro atoms. The fraction of sp³-hybridized carbons (Fsp3) is 0.250. The minimum atomic E-state index is -0.347. The number of rotatable bonds is 4. The lowest BCUT2D eigenvalue weighted by molar-refractivity contribution is 0.435. The van der Waals surface area contributed by atoms with Crippen molar-refractivity contribution in [2.75, 3.05) is 0 Å². The van der Waals surface area contributed by atoms with Crippen LogP contribution in [0.25, 0.3) is 0 Å². The lowest BCUT2D eigenvalue weighted by Gasteiger charge is -2.22. The Kier molecular flexibility index (Phi) is 4.78. The van der Waals surface area contributed by atoms with Gasteiger partial charge in [-0.2, -0.15) is 0 Å². The lowest BCUT2D eigenvalue weighted by atomic mass is 10.0. The molecular formula is C16H17BrFNO. The second-order valence-electron chi connectivity index (χ2n) is 4.83. The van der Waals surface area contributed by atoms with E-state index in [-0.39, 0.29) is 23.7 Å². The number of hydrogen-bond donors (Lipinski definition) is 2. The van der Waals surface area contributed by atoms with E-state index in [1.54, 1.807) is 0 Å². The molecule has 0 saturated heterocycles. The van der Waals surface area contributed by atoms with Gasteiger partial charge in [-0.05, 0) is 43.7 Å². The van der Waals surface area contributed by atoms with Crippen molar-refractivity contribution >= 4 is 15.9 Å². The molecule has 0 amide bonds. The van der Waals surface area contributed by atoms with Crippen LogP contribution in [0.4, 0.5) is 4.39 Å². The molecule has 2 atom stereocenters. The molecule has 0 aliphatic rings. The van der Waals surface area contributed by atoms with Gasteiger partial charge in [-0.25, -0.2) is 4.39 Å². The Hall–Kier alpha value is -1.39. The topological polar surface area (TPSA) is 32.3 Å². The first-order chi connectivity index (χ1) is 9.49. The summed E-state index contributed by atoms with van der Waals surface area (Å²) in [6, 6.07) is 11.9. The number of hydrogen-bond acceptors (Lipinski definition) is 2. The quantitative estimate of drug-likeness (QED) is 0.847. The van der Waals surface area contributed by atoms with E-state index in [4.69, 9.17) is 0 Å². The third kappa shape index (κ3) is 3.38. The molecule has 2 aromatic rings. The maximum absolute atomic E-state index is 13.3. The van der Waals surface area contributed by atoms with Gasteiger partial charge >= 0.3 is 0 Å². The van der Waals surface area contributed by atoms with Crippen LogP contribution in [-0.4, -0.2) is 5.11 Å². The van der Waals surface area contributed by atoms with E-state index in [1.165, 1.54) is 18.2 Å². The number of phenols is 1. The highest BCUT2D eigenvalue weighted by Gasteiger charge is 2.16. The average Bonchev–Trinajstić information content (AvgIpc) is 2.41. The fourth-order valence-corrected chi connectivity index (χ4v) is 2.88. The first-order valence-electron chi connectivity index (χ1n) is 6.48. The number of nitrogens with one attached hydrogen (secondary N) is 1. The summed E-state index contributed by atoms with van der Waals surface area (Å²) in [6.07, 6.45) is 0. The molecule has 2 unspecified atom stereocenters. The Labute approximate surface area is 126 Å². The zero-order valence-electron chi connectivity index (χ0n) is 11.4. The van der Waals surface area contributed by atoms with E-state index >= 15 is 0 Å². The molecule has 4 heteroatoms. The van der Waals surface area contributed by atoms with E-state index in [2.05, 4.69) is 21.2 Å². The van der Waals surface area contributed by atoms with Gasteiger partial charge in [0.1, 0.15) is 11.6 Å². The largest absolute Gasteiger partial charge is 0.508 e. The molecule has 0 aliphatic carbocycles. The first kappa shape index (κ1) is 15.0. The van der Waals surface area contributed by atoms with E-state index < -0.39 is 0 Å². The summed E-state index contributed by atoms with van der Waals surface area (Å²) in [5.74, 6) is -0.245. The average molecular weight is 338 g/mol. The molecule has 0 saturated carbocycles. The summed E-state index contributed by atoms with van der Waals surface area (Å²) in [6.45, 7) is 3.94. The van der Waals surface area contributed by atoms with Crippen LogP contribution in [0.5, 0.6) is 5.75 Å². The van der Waals surface area contributed by atoms with Crippen LogP contribution in [0.3, 0.4) is 0 Å². The molecule has 2 N–H and O–H groups in total. The number of halogens is 2. The third-order valence-electron chi connectivity index (χ3n) is 3.33. The summed E-state index contributed by atoms with van der Waals surface area (Å²) in [5.41, 5.74) is 1.68. The van der Waals surface area contributed by atoms with E-state index in [0.717, 1.165) is 10.0 Å². The van der Waals surface area contributed by atoms with Crippen molar-refractivity contribution in [3.05, 3.63) is 63.9 Å². The van der Waals surface area contributed by atoms with Crippen LogP contribution >= 0.6 is 15.9 Å². The molecule has 2 rings (SSSR count). The van der Waals surface area contributed by atoms with Crippen LogP contribution in [-0.2, 0) is 0 Å². The highest BCUT2D eigenvalue weighted by Crippen LogP contribution is 2.29. The van der Waals surface area contributed by atoms with E-state index in [0.29, 0.717) is 5.56 Å². The monoisotopic (exact) mass is 337 g/mol. The van der Waals surface area contributed by atoms with Crippen LogP contribution in [0, 0.1) is 5.82 Å². The second kappa shape index (κ2) is 6.37. The lowest BCUT2D eigenvalue weighted by Crippen LogP contribution is -2.23. The molecule has 0 aliphatic heterocycles. The van der Waals surface area contributed by atoms with E-state index in [9.17, 15) is 9.50 Å². The van der Waals surface area contributed by atoms with Gasteiger partial charge in [0.15, 0.2) is 0 Å². The fourth-order valence-electron chi connectivity index (χ4n) is 2.25. The maximum atomic E-state index is 13.3. The van der Waals surface area contributed by atoms with Crippen molar-refractivity contribution in [1.82, 2.24) is 5.32 Å². The number of benzene rings is 2. The van der Waals surface area contributed by atoms with Gasteiger partial charge in [0.05, 0.1) is 0 Å². The van der Waals surface area contributed by atoms with Crippen molar-refractivity contribution in [3.8, 4) is 5.75 Å². The predicted octanol–water partition coefficient (Wildman–Crippen LogP) is 4.71. The Morgan fingerprint density at radius 3 is 2.40 bits per heavy atom. The summed E-state index contributed by atoms with van der Waals surface area (Å²) < 4.78 is 14.3. The molecule has 20 heavy (non-hydrogen) atoms. The molecule has 0 fully saturated rings.